The second-order valence-electron chi connectivity index (χ2n) is 2.76. The zero-order valence-corrected chi connectivity index (χ0v) is 7.00. The molecule has 0 N–H and O–H groups in total. The molecule has 0 amide bonds. The summed E-state index contributed by atoms with van der Waals surface area (Å²) in [5.41, 5.74) is 0. The average molecular weight is 140 g/mol. The molecule has 0 saturated carbocycles. The highest BCUT2D eigenvalue weighted by atomic mass is 16.1. The standard InChI is InChI=1S/C9H16O/c1-4-5-8(2)9(3)6-7-10/h4-5,7-9H,6H2,1-3H3/b5-4+/t8-,9-/m1/s1. The van der Waals surface area contributed by atoms with Crippen molar-refractivity contribution in [2.24, 2.45) is 11.8 Å². The summed E-state index contributed by atoms with van der Waals surface area (Å²) >= 11 is 0. The third-order valence-corrected chi connectivity index (χ3v) is 1.86. The van der Waals surface area contributed by atoms with Crippen LogP contribution in [0.25, 0.3) is 0 Å². The molecule has 58 valence electrons. The number of carbonyl (C=O) groups excluding carboxylic acids is 1. The fourth-order valence-electron chi connectivity index (χ4n) is 0.860. The van der Waals surface area contributed by atoms with Crippen LogP contribution in [0.1, 0.15) is 27.2 Å². The molecule has 0 fully saturated rings. The smallest absolute Gasteiger partial charge is 0.120 e. The van der Waals surface area contributed by atoms with Gasteiger partial charge in [-0.15, -0.1) is 0 Å². The molecule has 0 aromatic heterocycles. The Hall–Kier alpha value is -0.590. The molecule has 10 heavy (non-hydrogen) atoms. The van der Waals surface area contributed by atoms with Gasteiger partial charge in [-0.25, -0.2) is 0 Å². The van der Waals surface area contributed by atoms with Gasteiger partial charge in [0.15, 0.2) is 0 Å². The summed E-state index contributed by atoms with van der Waals surface area (Å²) in [5.74, 6) is 1.00. The molecule has 0 radical (unpaired) electrons. The summed E-state index contributed by atoms with van der Waals surface area (Å²) in [6.45, 7) is 6.23. The van der Waals surface area contributed by atoms with E-state index in [1.807, 2.05) is 13.0 Å². The van der Waals surface area contributed by atoms with Crippen LogP contribution in [-0.2, 0) is 4.79 Å². The van der Waals surface area contributed by atoms with Crippen LogP contribution < -0.4 is 0 Å². The molecule has 0 aliphatic heterocycles. The van der Waals surface area contributed by atoms with Gasteiger partial charge in [0, 0.05) is 6.42 Å². The summed E-state index contributed by atoms with van der Waals surface area (Å²) in [4.78, 5) is 10.1. The van der Waals surface area contributed by atoms with Crippen molar-refractivity contribution >= 4 is 6.29 Å². The zero-order chi connectivity index (χ0) is 7.98. The number of hydrogen-bond acceptors (Lipinski definition) is 1. The Labute approximate surface area is 63.1 Å². The highest BCUT2D eigenvalue weighted by molar-refractivity contribution is 5.49. The number of hydrogen-bond donors (Lipinski definition) is 0. The zero-order valence-electron chi connectivity index (χ0n) is 7.00. The van der Waals surface area contributed by atoms with Gasteiger partial charge < -0.3 is 4.79 Å². The monoisotopic (exact) mass is 140 g/mol. The van der Waals surface area contributed by atoms with E-state index in [0.29, 0.717) is 18.3 Å². The fraction of sp³-hybridized carbons (Fsp3) is 0.667. The first-order valence-corrected chi connectivity index (χ1v) is 3.78. The molecule has 0 spiro atoms. The van der Waals surface area contributed by atoms with Gasteiger partial charge in [-0.2, -0.15) is 0 Å². The largest absolute Gasteiger partial charge is 0.303 e. The summed E-state index contributed by atoms with van der Waals surface area (Å²) in [6.07, 6.45) is 5.83. The third-order valence-electron chi connectivity index (χ3n) is 1.86. The van der Waals surface area contributed by atoms with Gasteiger partial charge in [-0.1, -0.05) is 26.0 Å². The molecule has 0 aliphatic carbocycles. The van der Waals surface area contributed by atoms with Crippen molar-refractivity contribution in [3.05, 3.63) is 12.2 Å². The van der Waals surface area contributed by atoms with Crippen LogP contribution in [-0.4, -0.2) is 6.29 Å². The van der Waals surface area contributed by atoms with Gasteiger partial charge in [0.2, 0.25) is 0 Å². The van der Waals surface area contributed by atoms with Crippen molar-refractivity contribution < 1.29 is 4.79 Å². The Balaban J connectivity index is 3.68. The van der Waals surface area contributed by atoms with Crippen molar-refractivity contribution in [1.82, 2.24) is 0 Å². The van der Waals surface area contributed by atoms with Gasteiger partial charge in [-0.05, 0) is 18.8 Å². The molecule has 2 atom stereocenters. The highest BCUT2D eigenvalue weighted by Crippen LogP contribution is 2.14. The van der Waals surface area contributed by atoms with Gasteiger partial charge >= 0.3 is 0 Å². The first kappa shape index (κ1) is 9.41. The average Bonchev–Trinajstić information content (AvgIpc) is 1.89. The third kappa shape index (κ3) is 3.44. The minimum atomic E-state index is 0.480. The van der Waals surface area contributed by atoms with Crippen LogP contribution in [0.5, 0.6) is 0 Å². The van der Waals surface area contributed by atoms with Crippen LogP contribution in [0, 0.1) is 11.8 Å². The van der Waals surface area contributed by atoms with E-state index in [-0.39, 0.29) is 0 Å². The van der Waals surface area contributed by atoms with Gasteiger partial charge in [0.05, 0.1) is 0 Å². The molecule has 0 bridgehead atoms. The molecule has 0 heterocycles. The summed E-state index contributed by atoms with van der Waals surface area (Å²) < 4.78 is 0. The van der Waals surface area contributed by atoms with E-state index in [1.165, 1.54) is 0 Å². The van der Waals surface area contributed by atoms with Crippen LogP contribution in [0.3, 0.4) is 0 Å². The predicted octanol–water partition coefficient (Wildman–Crippen LogP) is 2.42. The van der Waals surface area contributed by atoms with Crippen LogP contribution in [0.15, 0.2) is 12.2 Å². The van der Waals surface area contributed by atoms with Crippen molar-refractivity contribution in [2.75, 3.05) is 0 Å². The maximum Gasteiger partial charge on any atom is 0.120 e. The van der Waals surface area contributed by atoms with Gasteiger partial charge in [0.1, 0.15) is 6.29 Å². The number of carbonyl (C=O) groups is 1. The number of aldehydes is 1. The van der Waals surface area contributed by atoms with E-state index in [1.54, 1.807) is 0 Å². The SMILES string of the molecule is C/C=C/[C@@H](C)[C@H](C)CC=O. The lowest BCUT2D eigenvalue weighted by atomic mass is 9.93. The van der Waals surface area contributed by atoms with Crippen molar-refractivity contribution in [1.29, 1.82) is 0 Å². The molecule has 1 heteroatoms. The van der Waals surface area contributed by atoms with E-state index >= 15 is 0 Å². The molecule has 0 saturated heterocycles. The molecule has 1 nitrogen and oxygen atoms in total. The van der Waals surface area contributed by atoms with E-state index < -0.39 is 0 Å². The van der Waals surface area contributed by atoms with E-state index in [9.17, 15) is 4.79 Å². The van der Waals surface area contributed by atoms with Gasteiger partial charge in [0.25, 0.3) is 0 Å². The lowest BCUT2D eigenvalue weighted by Crippen LogP contribution is -2.05. The van der Waals surface area contributed by atoms with Crippen LogP contribution >= 0.6 is 0 Å². The summed E-state index contributed by atoms with van der Waals surface area (Å²) in [6, 6.07) is 0. The van der Waals surface area contributed by atoms with Crippen LogP contribution in [0.2, 0.25) is 0 Å². The normalized spacial score (nSPS) is 17.1. The minimum absolute atomic E-state index is 0.480. The van der Waals surface area contributed by atoms with E-state index in [4.69, 9.17) is 0 Å². The van der Waals surface area contributed by atoms with Crippen LogP contribution in [0.4, 0.5) is 0 Å². The van der Waals surface area contributed by atoms with Crippen molar-refractivity contribution in [2.45, 2.75) is 27.2 Å². The van der Waals surface area contributed by atoms with Crippen molar-refractivity contribution in [3.8, 4) is 0 Å². The second kappa shape index (κ2) is 5.21. The molecule has 0 aromatic rings. The molecule has 0 aliphatic rings. The quantitative estimate of drug-likeness (QED) is 0.433. The van der Waals surface area contributed by atoms with Gasteiger partial charge in [-0.3, -0.25) is 0 Å². The predicted molar refractivity (Wildman–Crippen MR) is 43.8 cm³/mol. The second-order valence-corrected chi connectivity index (χ2v) is 2.76. The molecule has 0 rings (SSSR count). The van der Waals surface area contributed by atoms with Crippen molar-refractivity contribution in [3.63, 3.8) is 0 Å². The lowest BCUT2D eigenvalue weighted by Gasteiger charge is -2.12. The Bertz CT molecular complexity index is 116. The Kier molecular flexibility index (Phi) is 4.91. The summed E-state index contributed by atoms with van der Waals surface area (Å²) in [5, 5.41) is 0. The van der Waals surface area contributed by atoms with E-state index in [2.05, 4.69) is 19.9 Å². The highest BCUT2D eigenvalue weighted by Gasteiger charge is 2.06. The molecular formula is C9H16O. The Morgan fingerprint density at radius 3 is 2.40 bits per heavy atom. The Morgan fingerprint density at radius 1 is 1.40 bits per heavy atom. The maximum atomic E-state index is 10.1. The molecular weight excluding hydrogens is 124 g/mol. The minimum Gasteiger partial charge on any atom is -0.303 e. The Morgan fingerprint density at radius 2 is 2.00 bits per heavy atom. The van der Waals surface area contributed by atoms with E-state index in [0.717, 1.165) is 6.29 Å². The topological polar surface area (TPSA) is 17.1 Å². The molecule has 0 aromatic carbocycles. The lowest BCUT2D eigenvalue weighted by molar-refractivity contribution is -0.108. The molecule has 0 unspecified atom stereocenters. The maximum absolute atomic E-state index is 10.1. The number of allylic oxidation sites excluding steroid dienone is 2. The first-order chi connectivity index (χ1) is 4.72. The fourth-order valence-corrected chi connectivity index (χ4v) is 0.860. The summed E-state index contributed by atoms with van der Waals surface area (Å²) in [7, 11) is 0. The first-order valence-electron chi connectivity index (χ1n) is 3.78. The number of rotatable bonds is 4.